The smallest absolute Gasteiger partial charge is 0.123 e. The fourth-order valence-electron chi connectivity index (χ4n) is 0.739. The predicted octanol–water partition coefficient (Wildman–Crippen LogP) is 1.46. The minimum atomic E-state index is 0.393. The van der Waals surface area contributed by atoms with Crippen LogP contribution in [0.1, 0.15) is 5.69 Å². The summed E-state index contributed by atoms with van der Waals surface area (Å²) in [4.78, 5) is 3.98. The van der Waals surface area contributed by atoms with Gasteiger partial charge in [-0.05, 0) is 12.1 Å². The normalized spacial score (nSPS) is 10.0. The van der Waals surface area contributed by atoms with Crippen LogP contribution >= 0.6 is 11.6 Å². The van der Waals surface area contributed by atoms with Gasteiger partial charge in [-0.15, -0.1) is 0 Å². The maximum Gasteiger partial charge on any atom is 0.123 e. The number of halogens is 1. The number of nitrogens with zero attached hydrogens (tertiary/aromatic N) is 1. The van der Waals surface area contributed by atoms with Gasteiger partial charge < -0.3 is 10.5 Å². The number of nitrogens with two attached hydrogens (primary N) is 1. The zero-order valence-electron chi connectivity index (χ0n) is 6.17. The second kappa shape index (κ2) is 3.55. The first-order valence-corrected chi connectivity index (χ1v) is 3.51. The van der Waals surface area contributed by atoms with Gasteiger partial charge in [0.15, 0.2) is 0 Å². The van der Waals surface area contributed by atoms with Crippen molar-refractivity contribution in [3.63, 3.8) is 0 Å². The predicted molar refractivity (Wildman–Crippen MR) is 44.4 cm³/mol. The molecule has 11 heavy (non-hydrogen) atoms. The second-order valence-corrected chi connectivity index (χ2v) is 2.50. The Labute approximate surface area is 70.1 Å². The van der Waals surface area contributed by atoms with Gasteiger partial charge in [-0.3, -0.25) is 0 Å². The van der Waals surface area contributed by atoms with Gasteiger partial charge in [0.2, 0.25) is 0 Å². The summed E-state index contributed by atoms with van der Waals surface area (Å²) >= 11 is 5.78. The second-order valence-electron chi connectivity index (χ2n) is 2.10. The van der Waals surface area contributed by atoms with Crippen LogP contribution in [0, 0.1) is 0 Å². The summed E-state index contributed by atoms with van der Waals surface area (Å²) in [5.41, 5.74) is 6.11. The van der Waals surface area contributed by atoms with Crippen molar-refractivity contribution in [2.45, 2.75) is 6.61 Å². The molecule has 0 aromatic carbocycles. The maximum absolute atomic E-state index is 5.78. The molecule has 0 fully saturated rings. The molecular weight excluding hydrogens is 164 g/mol. The highest BCUT2D eigenvalue weighted by molar-refractivity contribution is 6.31. The molecular formula is C7H9ClN2O. The SMILES string of the molecule is COCc1nc(N)ccc1Cl. The lowest BCUT2D eigenvalue weighted by Crippen LogP contribution is -1.97. The van der Waals surface area contributed by atoms with E-state index in [1.165, 1.54) is 0 Å². The molecule has 3 nitrogen and oxygen atoms in total. The standard InChI is InChI=1S/C7H9ClN2O/c1-11-4-6-5(8)2-3-7(9)10-6/h2-3H,4H2,1H3,(H2,9,10). The van der Waals surface area contributed by atoms with Crippen molar-refractivity contribution in [2.75, 3.05) is 12.8 Å². The Bertz CT molecular complexity index is 252. The zero-order valence-corrected chi connectivity index (χ0v) is 6.93. The zero-order chi connectivity index (χ0) is 8.27. The van der Waals surface area contributed by atoms with E-state index in [-0.39, 0.29) is 0 Å². The summed E-state index contributed by atoms with van der Waals surface area (Å²) in [7, 11) is 1.58. The summed E-state index contributed by atoms with van der Waals surface area (Å²) in [5, 5.41) is 0.584. The molecule has 0 amide bonds. The summed E-state index contributed by atoms with van der Waals surface area (Å²) < 4.78 is 4.86. The molecule has 0 spiro atoms. The fraction of sp³-hybridized carbons (Fsp3) is 0.286. The Morgan fingerprint density at radius 2 is 2.36 bits per heavy atom. The maximum atomic E-state index is 5.78. The van der Waals surface area contributed by atoms with Gasteiger partial charge >= 0.3 is 0 Å². The molecule has 1 aromatic heterocycles. The lowest BCUT2D eigenvalue weighted by molar-refractivity contribution is 0.181. The molecule has 60 valence electrons. The molecule has 1 aromatic rings. The number of methoxy groups -OCH3 is 1. The van der Waals surface area contributed by atoms with Gasteiger partial charge in [0, 0.05) is 7.11 Å². The van der Waals surface area contributed by atoms with Gasteiger partial charge in [-0.2, -0.15) is 0 Å². The van der Waals surface area contributed by atoms with Crippen molar-refractivity contribution in [3.05, 3.63) is 22.8 Å². The van der Waals surface area contributed by atoms with E-state index in [0.29, 0.717) is 23.1 Å². The average molecular weight is 173 g/mol. The van der Waals surface area contributed by atoms with Crippen molar-refractivity contribution < 1.29 is 4.74 Å². The van der Waals surface area contributed by atoms with Gasteiger partial charge in [-0.25, -0.2) is 4.98 Å². The molecule has 0 atom stereocenters. The number of hydrogen-bond acceptors (Lipinski definition) is 3. The summed E-state index contributed by atoms with van der Waals surface area (Å²) in [6, 6.07) is 3.36. The Morgan fingerprint density at radius 1 is 1.64 bits per heavy atom. The molecule has 2 N–H and O–H groups in total. The lowest BCUT2D eigenvalue weighted by Gasteiger charge is -2.01. The van der Waals surface area contributed by atoms with E-state index < -0.39 is 0 Å². The van der Waals surface area contributed by atoms with Crippen LogP contribution in [0.15, 0.2) is 12.1 Å². The number of nitrogen functional groups attached to an aromatic ring is 1. The highest BCUT2D eigenvalue weighted by atomic mass is 35.5. The first-order valence-electron chi connectivity index (χ1n) is 3.14. The monoisotopic (exact) mass is 172 g/mol. The van der Waals surface area contributed by atoms with Crippen LogP contribution in [0.5, 0.6) is 0 Å². The third-order valence-electron chi connectivity index (χ3n) is 1.22. The van der Waals surface area contributed by atoms with Crippen molar-refractivity contribution in [3.8, 4) is 0 Å². The summed E-state index contributed by atoms with van der Waals surface area (Å²) in [5.74, 6) is 0.460. The molecule has 0 aliphatic rings. The topological polar surface area (TPSA) is 48.1 Å². The van der Waals surface area contributed by atoms with E-state index in [4.69, 9.17) is 22.1 Å². The minimum absolute atomic E-state index is 0.393. The number of pyridine rings is 1. The largest absolute Gasteiger partial charge is 0.384 e. The van der Waals surface area contributed by atoms with E-state index in [0.717, 1.165) is 0 Å². The first-order chi connectivity index (χ1) is 5.24. The molecule has 0 unspecified atom stereocenters. The molecule has 0 saturated carbocycles. The molecule has 0 aliphatic carbocycles. The van der Waals surface area contributed by atoms with Crippen molar-refractivity contribution in [1.29, 1.82) is 0 Å². The highest BCUT2D eigenvalue weighted by Gasteiger charge is 2.00. The van der Waals surface area contributed by atoms with Crippen LogP contribution in [0.3, 0.4) is 0 Å². The van der Waals surface area contributed by atoms with Crippen LogP contribution in [-0.2, 0) is 11.3 Å². The van der Waals surface area contributed by atoms with Crippen LogP contribution in [0.2, 0.25) is 5.02 Å². The lowest BCUT2D eigenvalue weighted by atomic mass is 10.3. The van der Waals surface area contributed by atoms with Gasteiger partial charge in [0.05, 0.1) is 17.3 Å². The van der Waals surface area contributed by atoms with Crippen LogP contribution in [0.25, 0.3) is 0 Å². The molecule has 1 heterocycles. The molecule has 0 bridgehead atoms. The summed E-state index contributed by atoms with van der Waals surface area (Å²) in [6.07, 6.45) is 0. The van der Waals surface area contributed by atoms with E-state index in [9.17, 15) is 0 Å². The third-order valence-corrected chi connectivity index (χ3v) is 1.57. The van der Waals surface area contributed by atoms with Gasteiger partial charge in [-0.1, -0.05) is 11.6 Å². The average Bonchev–Trinajstić information content (AvgIpc) is 1.98. The Morgan fingerprint density at radius 3 is 3.00 bits per heavy atom. The molecule has 0 saturated heterocycles. The number of aromatic nitrogens is 1. The fourth-order valence-corrected chi connectivity index (χ4v) is 0.899. The highest BCUT2D eigenvalue weighted by Crippen LogP contribution is 2.15. The Hall–Kier alpha value is -0.800. The van der Waals surface area contributed by atoms with Crippen LogP contribution in [0.4, 0.5) is 5.82 Å². The Kier molecular flexibility index (Phi) is 2.68. The van der Waals surface area contributed by atoms with E-state index in [1.54, 1.807) is 19.2 Å². The summed E-state index contributed by atoms with van der Waals surface area (Å²) in [6.45, 7) is 0.393. The van der Waals surface area contributed by atoms with Crippen LogP contribution < -0.4 is 5.73 Å². The Balaban J connectivity index is 2.93. The third kappa shape index (κ3) is 2.06. The molecule has 0 aliphatic heterocycles. The van der Waals surface area contributed by atoms with E-state index in [1.807, 2.05) is 0 Å². The van der Waals surface area contributed by atoms with Gasteiger partial charge in [0.1, 0.15) is 5.82 Å². The van der Waals surface area contributed by atoms with E-state index in [2.05, 4.69) is 4.98 Å². The minimum Gasteiger partial charge on any atom is -0.384 e. The van der Waals surface area contributed by atoms with Crippen molar-refractivity contribution in [2.24, 2.45) is 0 Å². The van der Waals surface area contributed by atoms with Crippen molar-refractivity contribution in [1.82, 2.24) is 4.98 Å². The molecule has 4 heteroatoms. The molecule has 1 rings (SSSR count). The number of anilines is 1. The van der Waals surface area contributed by atoms with Crippen LogP contribution in [-0.4, -0.2) is 12.1 Å². The number of rotatable bonds is 2. The number of hydrogen-bond donors (Lipinski definition) is 1. The molecule has 0 radical (unpaired) electrons. The first kappa shape index (κ1) is 8.30. The van der Waals surface area contributed by atoms with E-state index >= 15 is 0 Å². The van der Waals surface area contributed by atoms with Gasteiger partial charge in [0.25, 0.3) is 0 Å². The number of ether oxygens (including phenoxy) is 1. The van der Waals surface area contributed by atoms with Crippen molar-refractivity contribution >= 4 is 17.4 Å². The quantitative estimate of drug-likeness (QED) is 0.735.